The molecule has 29 heavy (non-hydrogen) atoms. The highest BCUT2D eigenvalue weighted by Crippen LogP contribution is 2.38. The fourth-order valence-corrected chi connectivity index (χ4v) is 5.20. The van der Waals surface area contributed by atoms with Gasteiger partial charge >= 0.3 is 0 Å². The van der Waals surface area contributed by atoms with Crippen molar-refractivity contribution in [1.82, 2.24) is 4.90 Å². The molecule has 1 aromatic carbocycles. The van der Waals surface area contributed by atoms with Crippen molar-refractivity contribution in [3.8, 4) is 0 Å². The summed E-state index contributed by atoms with van der Waals surface area (Å²) < 4.78 is 23.9. The largest absolute Gasteiger partial charge is 0.376 e. The molecule has 0 spiro atoms. The van der Waals surface area contributed by atoms with Crippen LogP contribution in [0.1, 0.15) is 51.4 Å². The van der Waals surface area contributed by atoms with Crippen LogP contribution < -0.4 is 10.5 Å². The van der Waals surface area contributed by atoms with E-state index < -0.39 is 14.9 Å². The third kappa shape index (κ3) is 5.26. The lowest BCUT2D eigenvalue weighted by molar-refractivity contribution is -0.384. The van der Waals surface area contributed by atoms with Crippen LogP contribution in [-0.4, -0.2) is 43.4 Å². The van der Waals surface area contributed by atoms with E-state index in [1.807, 2.05) is 0 Å². The van der Waals surface area contributed by atoms with Crippen LogP contribution in [0.25, 0.3) is 0 Å². The van der Waals surface area contributed by atoms with Crippen LogP contribution >= 0.6 is 0 Å². The second kappa shape index (κ2) is 8.20. The summed E-state index contributed by atoms with van der Waals surface area (Å²) in [4.78, 5) is 13.3. The number of hydrogen-bond acceptors (Lipinski definition) is 6. The third-order valence-corrected chi connectivity index (χ3v) is 7.40. The highest BCUT2D eigenvalue weighted by molar-refractivity contribution is 7.89. The minimum absolute atomic E-state index is 0.0107. The van der Waals surface area contributed by atoms with Crippen molar-refractivity contribution in [1.29, 1.82) is 0 Å². The first-order valence-electron chi connectivity index (χ1n) is 10.6. The minimum atomic E-state index is -4.05. The van der Waals surface area contributed by atoms with Gasteiger partial charge in [-0.3, -0.25) is 15.0 Å². The maximum absolute atomic E-state index is 11.9. The number of nitro benzene ring substituents is 1. The Morgan fingerprint density at radius 3 is 2.10 bits per heavy atom. The van der Waals surface area contributed by atoms with Crippen LogP contribution in [0, 0.1) is 22.0 Å². The Morgan fingerprint density at radius 1 is 1.03 bits per heavy atom. The number of nitro groups is 1. The molecule has 0 unspecified atom stereocenters. The molecule has 0 saturated heterocycles. The number of anilines is 1. The van der Waals surface area contributed by atoms with Gasteiger partial charge in [-0.05, 0) is 69.3 Å². The summed E-state index contributed by atoms with van der Waals surface area (Å²) in [5, 5.41) is 19.9. The van der Waals surface area contributed by atoms with Crippen LogP contribution in [0.2, 0.25) is 0 Å². The molecule has 0 atom stereocenters. The molecule has 3 fully saturated rings. The maximum Gasteiger partial charge on any atom is 0.293 e. The molecule has 0 heterocycles. The first kappa shape index (κ1) is 20.6. The number of nitrogens with zero attached hydrogens (tertiary/aromatic N) is 2. The molecular formula is C20H30N4O4S. The van der Waals surface area contributed by atoms with E-state index in [4.69, 9.17) is 5.14 Å². The summed E-state index contributed by atoms with van der Waals surface area (Å²) in [6.07, 6.45) is 9.21. The molecule has 0 bridgehead atoms. The van der Waals surface area contributed by atoms with E-state index in [1.54, 1.807) is 0 Å². The van der Waals surface area contributed by atoms with Crippen molar-refractivity contribution in [2.45, 2.75) is 68.3 Å². The van der Waals surface area contributed by atoms with Crippen molar-refractivity contribution >= 4 is 21.4 Å². The van der Waals surface area contributed by atoms with Gasteiger partial charge in [-0.1, -0.05) is 6.07 Å². The molecule has 1 aromatic rings. The number of hydrogen-bond donors (Lipinski definition) is 2. The van der Waals surface area contributed by atoms with E-state index in [0.29, 0.717) is 6.04 Å². The maximum atomic E-state index is 11.9. The number of sulfonamides is 1. The highest BCUT2D eigenvalue weighted by Gasteiger charge is 2.35. The average molecular weight is 423 g/mol. The lowest BCUT2D eigenvalue weighted by Crippen LogP contribution is -2.42. The molecule has 0 aliphatic heterocycles. The van der Waals surface area contributed by atoms with Crippen LogP contribution in [0.4, 0.5) is 11.4 Å². The summed E-state index contributed by atoms with van der Waals surface area (Å²) in [7, 11) is -4.05. The van der Waals surface area contributed by atoms with E-state index in [9.17, 15) is 18.5 Å². The lowest BCUT2D eigenvalue weighted by Gasteiger charge is -2.37. The van der Waals surface area contributed by atoms with Gasteiger partial charge < -0.3 is 5.32 Å². The molecule has 0 amide bonds. The first-order valence-corrected chi connectivity index (χ1v) is 12.2. The van der Waals surface area contributed by atoms with Crippen LogP contribution in [-0.2, 0) is 10.0 Å². The monoisotopic (exact) mass is 422 g/mol. The van der Waals surface area contributed by atoms with Gasteiger partial charge in [0.25, 0.3) is 5.69 Å². The standard InChI is InChI=1S/C20H30N4O4S/c21-29(27,28)19-3-1-2-18(24(25)26)20(19)22-16-8-10-17(11-9-16)23(12-14-4-5-14)13-15-6-7-15/h1-3,14-17,22H,4-13H2,(H2,21,27,28)/t16-,17-. The fraction of sp³-hybridized carbons (Fsp3) is 0.700. The van der Waals surface area contributed by atoms with E-state index in [-0.39, 0.29) is 22.3 Å². The molecule has 3 aliphatic carbocycles. The van der Waals surface area contributed by atoms with Crippen LogP contribution in [0.3, 0.4) is 0 Å². The predicted octanol–water partition coefficient (Wildman–Crippen LogP) is 3.09. The second-order valence-electron chi connectivity index (χ2n) is 8.94. The zero-order chi connectivity index (χ0) is 20.6. The van der Waals surface area contributed by atoms with Gasteiger partial charge in [-0.25, -0.2) is 13.6 Å². The number of primary sulfonamides is 1. The van der Waals surface area contributed by atoms with E-state index in [2.05, 4.69) is 10.2 Å². The quantitative estimate of drug-likeness (QED) is 0.466. The van der Waals surface area contributed by atoms with E-state index in [0.717, 1.165) is 37.5 Å². The molecule has 160 valence electrons. The Bertz CT molecular complexity index is 845. The van der Waals surface area contributed by atoms with Crippen molar-refractivity contribution in [2.75, 3.05) is 18.4 Å². The van der Waals surface area contributed by atoms with Gasteiger partial charge in [0, 0.05) is 31.2 Å². The van der Waals surface area contributed by atoms with Gasteiger partial charge in [-0.2, -0.15) is 0 Å². The topological polar surface area (TPSA) is 119 Å². The molecule has 0 aromatic heterocycles. The molecule has 3 saturated carbocycles. The van der Waals surface area contributed by atoms with Gasteiger partial charge in [0.1, 0.15) is 10.6 Å². The predicted molar refractivity (Wildman–Crippen MR) is 111 cm³/mol. The first-order chi connectivity index (χ1) is 13.8. The summed E-state index contributed by atoms with van der Waals surface area (Å²) in [6.45, 7) is 2.41. The third-order valence-electron chi connectivity index (χ3n) is 6.45. The minimum Gasteiger partial charge on any atom is -0.376 e. The summed E-state index contributed by atoms with van der Waals surface area (Å²) in [5.41, 5.74) is -0.223. The van der Waals surface area contributed by atoms with Crippen LogP contribution in [0.15, 0.2) is 23.1 Å². The zero-order valence-corrected chi connectivity index (χ0v) is 17.4. The number of nitrogens with two attached hydrogens (primary N) is 1. The van der Waals surface area contributed by atoms with E-state index >= 15 is 0 Å². The molecule has 9 heteroatoms. The Hall–Kier alpha value is -1.71. The van der Waals surface area contributed by atoms with E-state index in [1.165, 1.54) is 57.0 Å². The molecule has 4 rings (SSSR count). The Morgan fingerprint density at radius 2 is 1.62 bits per heavy atom. The average Bonchev–Trinajstić information content (AvgIpc) is 3.57. The Labute approximate surface area is 172 Å². The smallest absolute Gasteiger partial charge is 0.293 e. The highest BCUT2D eigenvalue weighted by atomic mass is 32.2. The molecule has 8 nitrogen and oxygen atoms in total. The Balaban J connectivity index is 1.43. The number of benzene rings is 1. The Kier molecular flexibility index (Phi) is 5.81. The number of rotatable bonds is 9. The van der Waals surface area contributed by atoms with Gasteiger partial charge in [0.2, 0.25) is 10.0 Å². The summed E-state index contributed by atoms with van der Waals surface area (Å²) in [5.74, 6) is 1.74. The normalized spacial score (nSPS) is 25.2. The fourth-order valence-electron chi connectivity index (χ4n) is 4.48. The molecule has 0 radical (unpaired) electrons. The lowest BCUT2D eigenvalue weighted by atomic mass is 9.89. The molecule has 3 aliphatic rings. The molecular weight excluding hydrogens is 392 g/mol. The number of para-hydroxylation sites is 1. The van der Waals surface area contributed by atoms with Gasteiger partial charge in [-0.15, -0.1) is 0 Å². The van der Waals surface area contributed by atoms with Crippen molar-refractivity contribution in [3.63, 3.8) is 0 Å². The van der Waals surface area contributed by atoms with Gasteiger partial charge in [0.15, 0.2) is 0 Å². The van der Waals surface area contributed by atoms with Crippen molar-refractivity contribution < 1.29 is 13.3 Å². The van der Waals surface area contributed by atoms with Crippen molar-refractivity contribution in [3.05, 3.63) is 28.3 Å². The SMILES string of the molecule is NS(=O)(=O)c1cccc([N+](=O)[O-])c1N[C@H]1CC[C@H](N(CC2CC2)CC2CC2)CC1. The van der Waals surface area contributed by atoms with Crippen LogP contribution in [0.5, 0.6) is 0 Å². The summed E-state index contributed by atoms with van der Waals surface area (Å²) >= 11 is 0. The summed E-state index contributed by atoms with van der Waals surface area (Å²) in [6, 6.07) is 4.57. The van der Waals surface area contributed by atoms with Crippen molar-refractivity contribution in [2.24, 2.45) is 17.0 Å². The molecule has 3 N–H and O–H groups in total. The van der Waals surface area contributed by atoms with Gasteiger partial charge in [0.05, 0.1) is 4.92 Å². The second-order valence-corrected chi connectivity index (χ2v) is 10.5. The number of nitrogens with one attached hydrogen (secondary N) is 1. The zero-order valence-electron chi connectivity index (χ0n) is 16.6.